The number of Topliss-reactive ketones (excluding diaryl/α,β-unsaturated/α-hetero) is 1. The highest BCUT2D eigenvalue weighted by Crippen LogP contribution is 2.49. The van der Waals surface area contributed by atoms with Gasteiger partial charge in [0.15, 0.2) is 17.3 Å². The Kier molecular flexibility index (Phi) is 4.78. The molecule has 2 heterocycles. The van der Waals surface area contributed by atoms with Crippen molar-refractivity contribution in [3.05, 3.63) is 89.5 Å². The summed E-state index contributed by atoms with van der Waals surface area (Å²) in [6.07, 6.45) is 0. The zero-order valence-corrected chi connectivity index (χ0v) is 18.8. The molecule has 162 valence electrons. The summed E-state index contributed by atoms with van der Waals surface area (Å²) < 4.78 is 11.8. The molecule has 0 spiro atoms. The van der Waals surface area contributed by atoms with Gasteiger partial charge in [0.2, 0.25) is 0 Å². The molecule has 2 aromatic carbocycles. The first-order chi connectivity index (χ1) is 15.4. The lowest BCUT2D eigenvalue weighted by Gasteiger charge is -2.28. The number of ether oxygens (including phenoxy) is 2. The summed E-state index contributed by atoms with van der Waals surface area (Å²) in [6, 6.07) is 10.8. The minimum Gasteiger partial charge on any atom is -0.493 e. The van der Waals surface area contributed by atoms with E-state index in [0.717, 1.165) is 5.56 Å². The van der Waals surface area contributed by atoms with Crippen LogP contribution < -0.4 is 26.0 Å². The molecule has 1 atom stereocenters. The van der Waals surface area contributed by atoms with E-state index in [4.69, 9.17) is 9.47 Å². The van der Waals surface area contributed by atoms with Crippen LogP contribution in [0, 0.1) is 0 Å². The molecule has 8 nitrogen and oxygen atoms in total. The second kappa shape index (κ2) is 7.52. The average Bonchev–Trinajstić information content (AvgIpc) is 3.05. The number of hydrogen-bond acceptors (Lipinski definition) is 6. The summed E-state index contributed by atoms with van der Waals surface area (Å²) in [5.74, 6) is 0.340. The molecule has 9 heteroatoms. The SMILES string of the molecule is CCOc1c(Br)cc([C@H]2C3=C(Nc4[nH]c(=O)[nH]c(=O)c42)c2ccccc2C3=O)cc1OC. The fourth-order valence-corrected chi connectivity index (χ4v) is 4.95. The van der Waals surface area contributed by atoms with Crippen molar-refractivity contribution < 1.29 is 14.3 Å². The topological polar surface area (TPSA) is 113 Å². The van der Waals surface area contributed by atoms with Crippen LogP contribution in [0.2, 0.25) is 0 Å². The van der Waals surface area contributed by atoms with Gasteiger partial charge < -0.3 is 14.8 Å². The van der Waals surface area contributed by atoms with Crippen molar-refractivity contribution in [3.63, 3.8) is 0 Å². The second-order valence-electron chi connectivity index (χ2n) is 7.39. The van der Waals surface area contributed by atoms with E-state index < -0.39 is 17.2 Å². The Balaban J connectivity index is 1.81. The van der Waals surface area contributed by atoms with Crippen LogP contribution in [0.5, 0.6) is 11.5 Å². The number of allylic oxidation sites excluding steroid dienone is 1. The molecule has 0 saturated carbocycles. The maximum atomic E-state index is 13.5. The predicted octanol–water partition coefficient (Wildman–Crippen LogP) is 3.40. The largest absolute Gasteiger partial charge is 0.493 e. The van der Waals surface area contributed by atoms with Gasteiger partial charge in [0.25, 0.3) is 5.56 Å². The molecule has 3 aromatic rings. The number of aromatic amines is 2. The first-order valence-electron chi connectivity index (χ1n) is 9.96. The third kappa shape index (κ3) is 2.92. The van der Waals surface area contributed by atoms with Gasteiger partial charge >= 0.3 is 5.69 Å². The molecule has 1 aromatic heterocycles. The summed E-state index contributed by atoms with van der Waals surface area (Å²) in [7, 11) is 1.52. The molecule has 0 bridgehead atoms. The molecule has 5 rings (SSSR count). The molecule has 32 heavy (non-hydrogen) atoms. The molecular formula is C23H18BrN3O5. The third-order valence-corrected chi connectivity index (χ3v) is 6.22. The Labute approximate surface area is 190 Å². The number of H-pyrrole nitrogens is 2. The molecule has 0 fully saturated rings. The molecule has 0 unspecified atom stereocenters. The lowest BCUT2D eigenvalue weighted by Crippen LogP contribution is -2.33. The number of benzene rings is 2. The normalized spacial score (nSPS) is 16.2. The summed E-state index contributed by atoms with van der Waals surface area (Å²) in [4.78, 5) is 43.3. The van der Waals surface area contributed by atoms with Crippen molar-refractivity contribution in [2.45, 2.75) is 12.8 Å². The summed E-state index contributed by atoms with van der Waals surface area (Å²) in [5.41, 5.74) is 1.98. The summed E-state index contributed by atoms with van der Waals surface area (Å²) >= 11 is 3.53. The average molecular weight is 496 g/mol. The van der Waals surface area contributed by atoms with Gasteiger partial charge in [-0.2, -0.15) is 0 Å². The lowest BCUT2D eigenvalue weighted by molar-refractivity contribution is 0.103. The van der Waals surface area contributed by atoms with E-state index >= 15 is 0 Å². The van der Waals surface area contributed by atoms with E-state index in [1.165, 1.54) is 7.11 Å². The molecule has 0 radical (unpaired) electrons. The van der Waals surface area contributed by atoms with E-state index in [1.54, 1.807) is 24.3 Å². The number of rotatable bonds is 4. The number of hydrogen-bond donors (Lipinski definition) is 3. The molecule has 0 amide bonds. The minimum absolute atomic E-state index is 0.173. The van der Waals surface area contributed by atoms with Crippen LogP contribution in [0.1, 0.15) is 39.9 Å². The van der Waals surface area contributed by atoms with Gasteiger partial charge in [0.1, 0.15) is 5.82 Å². The molecule has 2 aliphatic rings. The van der Waals surface area contributed by atoms with Crippen LogP contribution in [0.3, 0.4) is 0 Å². The molecule has 0 saturated heterocycles. The fraction of sp³-hybridized carbons (Fsp3) is 0.174. The monoisotopic (exact) mass is 495 g/mol. The Morgan fingerprint density at radius 3 is 2.53 bits per heavy atom. The second-order valence-corrected chi connectivity index (χ2v) is 8.24. The van der Waals surface area contributed by atoms with Crippen molar-refractivity contribution in [2.75, 3.05) is 19.0 Å². The summed E-state index contributed by atoms with van der Waals surface area (Å²) in [5, 5.41) is 3.12. The first kappa shape index (κ1) is 20.3. The summed E-state index contributed by atoms with van der Waals surface area (Å²) in [6.45, 7) is 2.30. The Morgan fingerprint density at radius 1 is 1.06 bits per heavy atom. The third-order valence-electron chi connectivity index (χ3n) is 5.64. The highest BCUT2D eigenvalue weighted by molar-refractivity contribution is 9.10. The number of aromatic nitrogens is 2. The standard InChI is InChI=1S/C23H18BrN3O5/c1-3-32-20-13(24)8-10(9-14(20)31-2)15-16-18(11-6-4-5-7-12(11)19(16)28)25-21-17(15)22(29)27-23(30)26-21/h4-9,15H,3H2,1-2H3,(H3,25,26,27,29,30)/t15-/m0/s1. The zero-order valence-electron chi connectivity index (χ0n) is 17.2. The first-order valence-corrected chi connectivity index (χ1v) is 10.8. The van der Waals surface area contributed by atoms with Crippen LogP contribution in [0.15, 0.2) is 56.0 Å². The smallest absolute Gasteiger partial charge is 0.327 e. The van der Waals surface area contributed by atoms with Gasteiger partial charge in [-0.15, -0.1) is 0 Å². The van der Waals surface area contributed by atoms with E-state index in [9.17, 15) is 14.4 Å². The number of anilines is 1. The quantitative estimate of drug-likeness (QED) is 0.511. The van der Waals surface area contributed by atoms with Crippen molar-refractivity contribution >= 4 is 33.2 Å². The predicted molar refractivity (Wildman–Crippen MR) is 123 cm³/mol. The van der Waals surface area contributed by atoms with Crippen LogP contribution in [0.4, 0.5) is 5.82 Å². The highest BCUT2D eigenvalue weighted by atomic mass is 79.9. The van der Waals surface area contributed by atoms with Crippen molar-refractivity contribution in [1.82, 2.24) is 9.97 Å². The van der Waals surface area contributed by atoms with Gasteiger partial charge in [0.05, 0.1) is 29.4 Å². The van der Waals surface area contributed by atoms with Crippen molar-refractivity contribution in [2.24, 2.45) is 0 Å². The Morgan fingerprint density at radius 2 is 1.81 bits per heavy atom. The van der Waals surface area contributed by atoms with Crippen molar-refractivity contribution in [3.8, 4) is 11.5 Å². The Hall–Kier alpha value is -3.59. The molecule has 3 N–H and O–H groups in total. The van der Waals surface area contributed by atoms with Gasteiger partial charge in [-0.3, -0.25) is 19.6 Å². The lowest BCUT2D eigenvalue weighted by atomic mass is 9.81. The van der Waals surface area contributed by atoms with Crippen molar-refractivity contribution in [1.29, 1.82) is 0 Å². The zero-order chi connectivity index (χ0) is 22.6. The molecular weight excluding hydrogens is 478 g/mol. The Bertz CT molecular complexity index is 1440. The number of methoxy groups -OCH3 is 1. The van der Waals surface area contributed by atoms with Gasteiger partial charge in [-0.25, -0.2) is 4.79 Å². The maximum Gasteiger partial charge on any atom is 0.327 e. The fourth-order valence-electron chi connectivity index (χ4n) is 4.38. The van der Waals surface area contributed by atoms with Gasteiger partial charge in [0, 0.05) is 22.6 Å². The molecule has 1 aliphatic heterocycles. The van der Waals surface area contributed by atoms with E-state index in [-0.39, 0.29) is 17.2 Å². The number of nitrogens with one attached hydrogen (secondary N) is 3. The maximum absolute atomic E-state index is 13.5. The van der Waals surface area contributed by atoms with E-state index in [2.05, 4.69) is 31.2 Å². The highest BCUT2D eigenvalue weighted by Gasteiger charge is 2.42. The van der Waals surface area contributed by atoms with Crippen LogP contribution in [-0.4, -0.2) is 29.5 Å². The number of halogens is 1. The number of carbonyl (C=O) groups excluding carboxylic acids is 1. The van der Waals surface area contributed by atoms with Crippen LogP contribution >= 0.6 is 15.9 Å². The van der Waals surface area contributed by atoms with Crippen LogP contribution in [-0.2, 0) is 0 Å². The van der Waals surface area contributed by atoms with Gasteiger partial charge in [-0.1, -0.05) is 24.3 Å². The minimum atomic E-state index is -0.734. The number of fused-ring (bicyclic) bond motifs is 3. The number of ketones is 1. The van der Waals surface area contributed by atoms with E-state index in [1.807, 2.05) is 19.1 Å². The molecule has 1 aliphatic carbocycles. The number of carbonyl (C=O) groups is 1. The van der Waals surface area contributed by atoms with Crippen LogP contribution in [0.25, 0.3) is 5.70 Å². The van der Waals surface area contributed by atoms with E-state index in [0.29, 0.717) is 45.0 Å². The van der Waals surface area contributed by atoms with Gasteiger partial charge in [-0.05, 0) is 40.5 Å².